The molecule has 0 aromatic carbocycles. The standard InChI is InChI=1S/C10H14N4O3/c11-8(15)7-14-10(16)17-6-5-13-9-3-1-2-4-12-9/h1-4H,5-7H2,(H2,11,15)(H,12,13)(H,14,16). The third-order valence-corrected chi connectivity index (χ3v) is 1.71. The van der Waals surface area contributed by atoms with Crippen molar-refractivity contribution in [1.29, 1.82) is 0 Å². The lowest BCUT2D eigenvalue weighted by atomic mass is 10.4. The van der Waals surface area contributed by atoms with Gasteiger partial charge in [-0.1, -0.05) is 6.07 Å². The van der Waals surface area contributed by atoms with Crippen LogP contribution in [0.5, 0.6) is 0 Å². The fourth-order valence-corrected chi connectivity index (χ4v) is 1.00. The third-order valence-electron chi connectivity index (χ3n) is 1.71. The van der Waals surface area contributed by atoms with Gasteiger partial charge in [-0.25, -0.2) is 9.78 Å². The second kappa shape index (κ2) is 7.04. The summed E-state index contributed by atoms with van der Waals surface area (Å²) in [6.07, 6.45) is 0.981. The Morgan fingerprint density at radius 1 is 1.41 bits per heavy atom. The quantitative estimate of drug-likeness (QED) is 0.590. The van der Waals surface area contributed by atoms with Gasteiger partial charge in [0.1, 0.15) is 12.4 Å². The van der Waals surface area contributed by atoms with Gasteiger partial charge in [0.25, 0.3) is 0 Å². The molecule has 7 nitrogen and oxygen atoms in total. The molecule has 2 amide bonds. The van der Waals surface area contributed by atoms with E-state index in [0.29, 0.717) is 12.4 Å². The van der Waals surface area contributed by atoms with Crippen molar-refractivity contribution >= 4 is 17.8 Å². The van der Waals surface area contributed by atoms with Crippen molar-refractivity contribution in [3.05, 3.63) is 24.4 Å². The van der Waals surface area contributed by atoms with Gasteiger partial charge in [0.2, 0.25) is 5.91 Å². The molecule has 0 unspecified atom stereocenters. The zero-order valence-corrected chi connectivity index (χ0v) is 9.18. The molecule has 17 heavy (non-hydrogen) atoms. The number of nitrogens with two attached hydrogens (primary N) is 1. The number of rotatable bonds is 6. The Hall–Kier alpha value is -2.31. The Morgan fingerprint density at radius 2 is 2.24 bits per heavy atom. The molecule has 0 fully saturated rings. The number of pyridine rings is 1. The number of amides is 2. The van der Waals surface area contributed by atoms with Crippen molar-refractivity contribution < 1.29 is 14.3 Å². The lowest BCUT2D eigenvalue weighted by Gasteiger charge is -2.07. The molecule has 0 atom stereocenters. The number of primary amides is 1. The second-order valence-corrected chi connectivity index (χ2v) is 3.10. The monoisotopic (exact) mass is 238 g/mol. The van der Waals surface area contributed by atoms with E-state index in [1.165, 1.54) is 0 Å². The molecule has 0 bridgehead atoms. The maximum atomic E-state index is 11.0. The SMILES string of the molecule is NC(=O)CNC(=O)OCCNc1ccccn1. The Labute approximate surface area is 98.4 Å². The van der Waals surface area contributed by atoms with Crippen LogP contribution in [0.4, 0.5) is 10.6 Å². The maximum Gasteiger partial charge on any atom is 0.407 e. The number of aromatic nitrogens is 1. The Bertz CT molecular complexity index is 369. The van der Waals surface area contributed by atoms with E-state index in [2.05, 4.69) is 15.6 Å². The largest absolute Gasteiger partial charge is 0.448 e. The van der Waals surface area contributed by atoms with Gasteiger partial charge in [-0.05, 0) is 12.1 Å². The van der Waals surface area contributed by atoms with Crippen molar-refractivity contribution in [2.24, 2.45) is 5.73 Å². The Kier molecular flexibility index (Phi) is 5.29. The van der Waals surface area contributed by atoms with Gasteiger partial charge in [0, 0.05) is 6.20 Å². The predicted octanol–water partition coefficient (Wildman–Crippen LogP) is -0.295. The highest BCUT2D eigenvalue weighted by Crippen LogP contribution is 1.98. The highest BCUT2D eigenvalue weighted by Gasteiger charge is 2.02. The van der Waals surface area contributed by atoms with Gasteiger partial charge in [0.15, 0.2) is 0 Å². The van der Waals surface area contributed by atoms with Crippen LogP contribution in [0.2, 0.25) is 0 Å². The van der Waals surface area contributed by atoms with Gasteiger partial charge < -0.3 is 21.1 Å². The zero-order chi connectivity index (χ0) is 12.5. The maximum absolute atomic E-state index is 11.0. The summed E-state index contributed by atoms with van der Waals surface area (Å²) in [5.74, 6) is 0.0854. The van der Waals surface area contributed by atoms with Crippen LogP contribution in [0, 0.1) is 0 Å². The number of carbonyl (C=O) groups excluding carboxylic acids is 2. The number of nitrogens with zero attached hydrogens (tertiary/aromatic N) is 1. The summed E-state index contributed by atoms with van der Waals surface area (Å²) in [6.45, 7) is 0.370. The number of carbonyl (C=O) groups is 2. The van der Waals surface area contributed by atoms with Gasteiger partial charge in [-0.3, -0.25) is 4.79 Å². The van der Waals surface area contributed by atoms with Crippen LogP contribution >= 0.6 is 0 Å². The number of nitrogens with one attached hydrogen (secondary N) is 2. The minimum absolute atomic E-state index is 0.168. The smallest absolute Gasteiger partial charge is 0.407 e. The van der Waals surface area contributed by atoms with E-state index in [9.17, 15) is 9.59 Å². The molecule has 92 valence electrons. The molecule has 0 aliphatic carbocycles. The number of ether oxygens (including phenoxy) is 1. The summed E-state index contributed by atoms with van der Waals surface area (Å²) in [5, 5.41) is 5.16. The third kappa shape index (κ3) is 5.98. The number of hydrogen-bond acceptors (Lipinski definition) is 5. The van der Waals surface area contributed by atoms with Crippen molar-refractivity contribution in [1.82, 2.24) is 10.3 Å². The molecule has 0 radical (unpaired) electrons. The molecule has 0 spiro atoms. The average Bonchev–Trinajstić information content (AvgIpc) is 2.33. The predicted molar refractivity (Wildman–Crippen MR) is 61.3 cm³/mol. The molecule has 0 saturated heterocycles. The van der Waals surface area contributed by atoms with Crippen LogP contribution in [-0.2, 0) is 9.53 Å². The molecule has 1 aromatic rings. The van der Waals surface area contributed by atoms with E-state index >= 15 is 0 Å². The van der Waals surface area contributed by atoms with Crippen molar-refractivity contribution in [3.63, 3.8) is 0 Å². The molecule has 4 N–H and O–H groups in total. The fraction of sp³-hybridized carbons (Fsp3) is 0.300. The summed E-state index contributed by atoms with van der Waals surface area (Å²) < 4.78 is 4.77. The normalized spacial score (nSPS) is 9.41. The van der Waals surface area contributed by atoms with Gasteiger partial charge in [-0.15, -0.1) is 0 Å². The van der Waals surface area contributed by atoms with E-state index in [1.807, 2.05) is 6.07 Å². The second-order valence-electron chi connectivity index (χ2n) is 3.10. The lowest BCUT2D eigenvalue weighted by molar-refractivity contribution is -0.117. The van der Waals surface area contributed by atoms with Gasteiger partial charge >= 0.3 is 6.09 Å². The van der Waals surface area contributed by atoms with E-state index in [0.717, 1.165) is 0 Å². The minimum Gasteiger partial charge on any atom is -0.448 e. The van der Waals surface area contributed by atoms with Gasteiger partial charge in [0.05, 0.1) is 13.1 Å². The van der Waals surface area contributed by atoms with Crippen LogP contribution in [0.25, 0.3) is 0 Å². The molecule has 1 aromatic heterocycles. The average molecular weight is 238 g/mol. The first-order chi connectivity index (χ1) is 8.18. The minimum atomic E-state index is -0.674. The van der Waals surface area contributed by atoms with Crippen molar-refractivity contribution in [2.75, 3.05) is 25.0 Å². The van der Waals surface area contributed by atoms with Crippen LogP contribution in [0.3, 0.4) is 0 Å². The van der Waals surface area contributed by atoms with Crippen LogP contribution in [0.15, 0.2) is 24.4 Å². The summed E-state index contributed by atoms with van der Waals surface area (Å²) in [7, 11) is 0. The summed E-state index contributed by atoms with van der Waals surface area (Å²) in [5.41, 5.74) is 4.84. The van der Waals surface area contributed by atoms with E-state index in [4.69, 9.17) is 10.5 Å². The van der Waals surface area contributed by atoms with Crippen molar-refractivity contribution in [2.45, 2.75) is 0 Å². The fourth-order valence-electron chi connectivity index (χ4n) is 1.00. The highest BCUT2D eigenvalue weighted by molar-refractivity contribution is 5.80. The Balaban J connectivity index is 2.08. The summed E-state index contributed by atoms with van der Waals surface area (Å²) in [4.78, 5) is 25.4. The molecule has 0 aliphatic rings. The molecular weight excluding hydrogens is 224 g/mol. The molecule has 0 aliphatic heterocycles. The highest BCUT2D eigenvalue weighted by atomic mass is 16.5. The molecule has 1 heterocycles. The number of anilines is 1. The number of alkyl carbamates (subject to hydrolysis) is 1. The topological polar surface area (TPSA) is 106 Å². The van der Waals surface area contributed by atoms with Gasteiger partial charge in [-0.2, -0.15) is 0 Å². The zero-order valence-electron chi connectivity index (χ0n) is 9.18. The lowest BCUT2D eigenvalue weighted by Crippen LogP contribution is -2.34. The number of hydrogen-bond donors (Lipinski definition) is 3. The van der Waals surface area contributed by atoms with Crippen molar-refractivity contribution in [3.8, 4) is 0 Å². The first-order valence-electron chi connectivity index (χ1n) is 5.02. The van der Waals surface area contributed by atoms with E-state index < -0.39 is 12.0 Å². The molecule has 0 saturated carbocycles. The van der Waals surface area contributed by atoms with E-state index in [1.54, 1.807) is 18.3 Å². The van der Waals surface area contributed by atoms with E-state index in [-0.39, 0.29) is 13.2 Å². The first kappa shape index (κ1) is 12.8. The molecule has 1 rings (SSSR count). The van der Waals surface area contributed by atoms with Crippen LogP contribution in [0.1, 0.15) is 0 Å². The van der Waals surface area contributed by atoms with Crippen LogP contribution < -0.4 is 16.4 Å². The molecular formula is C10H14N4O3. The first-order valence-corrected chi connectivity index (χ1v) is 5.02. The summed E-state index contributed by atoms with van der Waals surface area (Å²) in [6, 6.07) is 5.45. The Morgan fingerprint density at radius 3 is 2.88 bits per heavy atom. The summed E-state index contributed by atoms with van der Waals surface area (Å²) >= 11 is 0. The van der Waals surface area contributed by atoms with Crippen LogP contribution in [-0.4, -0.2) is 36.7 Å². The molecule has 7 heteroatoms.